The number of nitrogens with one attached hydrogen (secondary N) is 2. The quantitative estimate of drug-likeness (QED) is 0.853. The number of rotatable bonds is 2. The Kier molecular flexibility index (Phi) is 2.27. The first-order chi connectivity index (χ1) is 9.54. The largest absolute Gasteiger partial charge is 0.453 e. The Balaban J connectivity index is 1.64. The molecule has 6 nitrogen and oxygen atoms in total. The lowest BCUT2D eigenvalue weighted by Crippen LogP contribution is -2.22. The number of nitrogens with zero attached hydrogens (tertiary/aromatic N) is 4. The zero-order valence-electron chi connectivity index (χ0n) is 10.2. The fourth-order valence-electron chi connectivity index (χ4n) is 2.85. The summed E-state index contributed by atoms with van der Waals surface area (Å²) in [5, 5.41) is 17.0. The van der Waals surface area contributed by atoms with E-state index in [1.54, 1.807) is 6.07 Å². The topological polar surface area (TPSA) is 67.1 Å². The van der Waals surface area contributed by atoms with Crippen molar-refractivity contribution in [3.8, 4) is 0 Å². The van der Waals surface area contributed by atoms with E-state index in [9.17, 15) is 13.2 Å². The number of hydrogen-bond acceptors (Lipinski definition) is 5. The van der Waals surface area contributed by atoms with Gasteiger partial charge in [0.25, 0.3) is 5.82 Å². The highest BCUT2D eigenvalue weighted by Gasteiger charge is 2.53. The molecule has 20 heavy (non-hydrogen) atoms. The van der Waals surface area contributed by atoms with Gasteiger partial charge >= 0.3 is 6.18 Å². The molecule has 1 aliphatic carbocycles. The van der Waals surface area contributed by atoms with Gasteiger partial charge in [-0.2, -0.15) is 17.7 Å². The van der Waals surface area contributed by atoms with Crippen molar-refractivity contribution in [1.29, 1.82) is 0 Å². The van der Waals surface area contributed by atoms with Crippen molar-refractivity contribution in [3.05, 3.63) is 18.0 Å². The third-order valence-corrected chi connectivity index (χ3v) is 3.92. The second kappa shape index (κ2) is 3.81. The Morgan fingerprint density at radius 2 is 1.95 bits per heavy atom. The maximum Gasteiger partial charge on any atom is 0.453 e. The molecule has 2 aromatic heterocycles. The summed E-state index contributed by atoms with van der Waals surface area (Å²) < 4.78 is 39.0. The lowest BCUT2D eigenvalue weighted by molar-refractivity contribution is -0.146. The molecule has 0 spiro atoms. The van der Waals surface area contributed by atoms with Crippen molar-refractivity contribution in [1.82, 2.24) is 25.1 Å². The van der Waals surface area contributed by atoms with E-state index < -0.39 is 12.0 Å². The van der Waals surface area contributed by atoms with Gasteiger partial charge in [-0.25, -0.2) is 0 Å². The van der Waals surface area contributed by atoms with Crippen LogP contribution in [0.25, 0.3) is 5.65 Å². The fraction of sp³-hybridized carbons (Fsp3) is 0.545. The number of anilines is 1. The monoisotopic (exact) mass is 284 g/mol. The van der Waals surface area contributed by atoms with E-state index in [4.69, 9.17) is 0 Å². The van der Waals surface area contributed by atoms with Gasteiger partial charge in [-0.05, 0) is 24.0 Å². The van der Waals surface area contributed by atoms with Crippen molar-refractivity contribution in [2.75, 3.05) is 18.4 Å². The van der Waals surface area contributed by atoms with E-state index in [1.165, 1.54) is 6.07 Å². The van der Waals surface area contributed by atoms with Crippen molar-refractivity contribution < 1.29 is 13.2 Å². The summed E-state index contributed by atoms with van der Waals surface area (Å²) in [6.07, 6.45) is -4.56. The van der Waals surface area contributed by atoms with Crippen LogP contribution in [0.15, 0.2) is 12.1 Å². The average molecular weight is 284 g/mol. The van der Waals surface area contributed by atoms with Crippen molar-refractivity contribution in [3.63, 3.8) is 0 Å². The molecule has 3 heterocycles. The molecule has 2 aromatic rings. The number of piperidine rings is 1. The zero-order valence-corrected chi connectivity index (χ0v) is 10.2. The Morgan fingerprint density at radius 1 is 1.20 bits per heavy atom. The molecular formula is C11H11F3N6. The number of alkyl halides is 3. The molecule has 1 saturated heterocycles. The minimum absolute atomic E-state index is 0.0838. The molecule has 2 aliphatic rings. The standard InChI is InChI=1S/C11H11F3N6/c12-11(13,14)10-18-17-8-2-1-7(19-20(8)10)16-9-5-3-15-4-6(5)9/h1-2,5-6,9,15H,3-4H2,(H,16,19). The van der Waals surface area contributed by atoms with Crippen LogP contribution in [0, 0.1) is 11.8 Å². The summed E-state index contributed by atoms with van der Waals surface area (Å²) >= 11 is 0. The van der Waals surface area contributed by atoms with Crippen LogP contribution in [-0.4, -0.2) is 38.9 Å². The van der Waals surface area contributed by atoms with E-state index >= 15 is 0 Å². The molecule has 2 fully saturated rings. The highest BCUT2D eigenvalue weighted by Crippen LogP contribution is 2.43. The summed E-state index contributed by atoms with van der Waals surface area (Å²) in [4.78, 5) is 0. The molecule has 1 aliphatic heterocycles. The summed E-state index contributed by atoms with van der Waals surface area (Å²) in [6.45, 7) is 1.90. The number of fused-ring (bicyclic) bond motifs is 2. The minimum atomic E-state index is -4.56. The van der Waals surface area contributed by atoms with E-state index in [0.717, 1.165) is 17.6 Å². The van der Waals surface area contributed by atoms with Crippen molar-refractivity contribution in [2.45, 2.75) is 12.2 Å². The molecule has 0 radical (unpaired) electrons. The smallest absolute Gasteiger partial charge is 0.365 e. The van der Waals surface area contributed by atoms with Gasteiger partial charge in [0.15, 0.2) is 5.65 Å². The molecular weight excluding hydrogens is 273 g/mol. The average Bonchev–Trinajstić information content (AvgIpc) is 2.84. The van der Waals surface area contributed by atoms with E-state index in [2.05, 4.69) is 25.9 Å². The van der Waals surface area contributed by atoms with E-state index in [1.807, 2.05) is 0 Å². The summed E-state index contributed by atoms with van der Waals surface area (Å²) in [5.74, 6) is 0.419. The van der Waals surface area contributed by atoms with E-state index in [-0.39, 0.29) is 5.65 Å². The molecule has 2 N–H and O–H groups in total. The van der Waals surface area contributed by atoms with E-state index in [0.29, 0.717) is 23.7 Å². The third-order valence-electron chi connectivity index (χ3n) is 3.92. The zero-order chi connectivity index (χ0) is 13.9. The van der Waals surface area contributed by atoms with Crippen LogP contribution >= 0.6 is 0 Å². The van der Waals surface area contributed by atoms with Gasteiger partial charge in [-0.15, -0.1) is 15.3 Å². The number of hydrogen-bond donors (Lipinski definition) is 2. The summed E-state index contributed by atoms with van der Waals surface area (Å²) in [5.41, 5.74) is 0.0838. The Bertz CT molecular complexity index is 656. The van der Waals surface area contributed by atoms with Crippen LogP contribution in [0.4, 0.5) is 19.0 Å². The van der Waals surface area contributed by atoms with Gasteiger partial charge in [0.05, 0.1) is 0 Å². The molecule has 0 aromatic carbocycles. The summed E-state index contributed by atoms with van der Waals surface area (Å²) in [6, 6.07) is 3.41. The van der Waals surface area contributed by atoms with Crippen LogP contribution in [0.5, 0.6) is 0 Å². The van der Waals surface area contributed by atoms with Crippen molar-refractivity contribution in [2.24, 2.45) is 11.8 Å². The molecule has 0 bridgehead atoms. The predicted octanol–water partition coefficient (Wildman–Crippen LogP) is 0.773. The fourth-order valence-corrected chi connectivity index (χ4v) is 2.85. The predicted molar refractivity (Wildman–Crippen MR) is 63.0 cm³/mol. The van der Waals surface area contributed by atoms with Crippen LogP contribution in [0.1, 0.15) is 5.82 Å². The Hall–Kier alpha value is -1.90. The highest BCUT2D eigenvalue weighted by molar-refractivity contribution is 5.46. The van der Waals surface area contributed by atoms with Crippen LogP contribution in [0.3, 0.4) is 0 Å². The maximum atomic E-state index is 12.8. The second-order valence-electron chi connectivity index (χ2n) is 5.17. The van der Waals surface area contributed by atoms with Crippen LogP contribution in [-0.2, 0) is 6.18 Å². The van der Waals surface area contributed by atoms with Crippen LogP contribution < -0.4 is 10.6 Å². The van der Waals surface area contributed by atoms with Gasteiger partial charge in [-0.3, -0.25) is 0 Å². The summed E-state index contributed by atoms with van der Waals surface area (Å²) in [7, 11) is 0. The molecule has 4 rings (SSSR count). The second-order valence-corrected chi connectivity index (χ2v) is 5.17. The third kappa shape index (κ3) is 1.73. The lowest BCUT2D eigenvalue weighted by Gasteiger charge is -2.09. The van der Waals surface area contributed by atoms with Crippen molar-refractivity contribution >= 4 is 11.5 Å². The SMILES string of the molecule is FC(F)(F)c1nnc2ccc(NC3C4CNCC43)nn12. The Labute approximate surface area is 111 Å². The first-order valence-electron chi connectivity index (χ1n) is 6.31. The number of halogens is 3. The maximum absolute atomic E-state index is 12.8. The number of aromatic nitrogens is 4. The molecule has 106 valence electrons. The van der Waals surface area contributed by atoms with Gasteiger partial charge in [0, 0.05) is 19.1 Å². The molecule has 0 amide bonds. The van der Waals surface area contributed by atoms with Gasteiger partial charge in [0.1, 0.15) is 5.82 Å². The lowest BCUT2D eigenvalue weighted by atomic mass is 10.4. The van der Waals surface area contributed by atoms with Gasteiger partial charge in [0.2, 0.25) is 0 Å². The first kappa shape index (κ1) is 11.9. The van der Waals surface area contributed by atoms with Crippen LogP contribution in [0.2, 0.25) is 0 Å². The van der Waals surface area contributed by atoms with Gasteiger partial charge in [-0.1, -0.05) is 0 Å². The Morgan fingerprint density at radius 3 is 2.65 bits per heavy atom. The molecule has 2 atom stereocenters. The first-order valence-corrected chi connectivity index (χ1v) is 6.31. The highest BCUT2D eigenvalue weighted by atomic mass is 19.4. The molecule has 1 saturated carbocycles. The normalized spacial score (nSPS) is 28.6. The van der Waals surface area contributed by atoms with Gasteiger partial charge < -0.3 is 10.6 Å². The molecule has 2 unspecified atom stereocenters. The molecule has 9 heteroatoms. The minimum Gasteiger partial charge on any atom is -0.365 e.